The minimum Gasteiger partial charge on any atom is -0.494 e. The van der Waals surface area contributed by atoms with E-state index in [9.17, 15) is 4.39 Å². The van der Waals surface area contributed by atoms with Crippen LogP contribution in [-0.4, -0.2) is 73.3 Å². The van der Waals surface area contributed by atoms with Gasteiger partial charge in [-0.15, -0.1) is 0 Å². The summed E-state index contributed by atoms with van der Waals surface area (Å²) in [5, 5.41) is 4.65. The van der Waals surface area contributed by atoms with E-state index in [0.717, 1.165) is 54.6 Å². The number of rotatable bonds is 7. The van der Waals surface area contributed by atoms with Crippen molar-refractivity contribution in [3.63, 3.8) is 0 Å². The molecular formula is C28H33FN4O5S. The third-order valence-corrected chi connectivity index (χ3v) is 9.51. The smallest absolute Gasteiger partial charge is 0.151 e. The van der Waals surface area contributed by atoms with Gasteiger partial charge < -0.3 is 29.0 Å². The molecule has 9 nitrogen and oxygen atoms in total. The van der Waals surface area contributed by atoms with E-state index < -0.39 is 5.82 Å². The molecule has 3 saturated heterocycles. The first-order valence-electron chi connectivity index (χ1n) is 13.2. The molecule has 1 N–H and O–H groups in total. The number of fused-ring (bicyclic) bond motifs is 2. The fourth-order valence-corrected chi connectivity index (χ4v) is 7.03. The first-order chi connectivity index (χ1) is 19.0. The van der Waals surface area contributed by atoms with Crippen LogP contribution in [0.4, 0.5) is 21.6 Å². The fraction of sp³-hybridized carbons (Fsp3) is 0.500. The second-order valence-corrected chi connectivity index (χ2v) is 11.9. The fourth-order valence-electron chi connectivity index (χ4n) is 5.56. The zero-order chi connectivity index (χ0) is 26.9. The summed E-state index contributed by atoms with van der Waals surface area (Å²) in [5.74, 6) is 1.23. The lowest BCUT2D eigenvalue weighted by Gasteiger charge is -2.23. The van der Waals surface area contributed by atoms with Crippen LogP contribution in [0, 0.1) is 12.7 Å². The van der Waals surface area contributed by atoms with E-state index in [-0.39, 0.29) is 29.0 Å². The number of methoxy groups -OCH3 is 1. The quantitative estimate of drug-likeness (QED) is 0.434. The van der Waals surface area contributed by atoms with E-state index in [2.05, 4.69) is 21.5 Å². The van der Waals surface area contributed by atoms with Gasteiger partial charge in [0.05, 0.1) is 31.0 Å². The summed E-state index contributed by atoms with van der Waals surface area (Å²) in [6.07, 6.45) is 6.10. The highest BCUT2D eigenvalue weighted by Gasteiger charge is 2.43. The minimum atomic E-state index is -0.394. The minimum absolute atomic E-state index is 0.0234. The normalized spacial score (nSPS) is 24.2. The van der Waals surface area contributed by atoms with Crippen molar-refractivity contribution in [2.75, 3.05) is 45.1 Å². The molecule has 3 aromatic rings. The van der Waals surface area contributed by atoms with Gasteiger partial charge in [0.1, 0.15) is 41.3 Å². The molecule has 0 bridgehead atoms. The summed E-state index contributed by atoms with van der Waals surface area (Å²) in [5.41, 5.74) is 2.98. The first-order valence-corrected chi connectivity index (χ1v) is 14.9. The summed E-state index contributed by atoms with van der Waals surface area (Å²) in [6, 6.07) is 6.36. The molecule has 39 heavy (non-hydrogen) atoms. The highest BCUT2D eigenvalue weighted by molar-refractivity contribution is 7.87. The van der Waals surface area contributed by atoms with Gasteiger partial charge in [0.2, 0.25) is 0 Å². The zero-order valence-electron chi connectivity index (χ0n) is 22.3. The summed E-state index contributed by atoms with van der Waals surface area (Å²) in [6.45, 7) is 4.58. The molecule has 4 heterocycles. The number of aryl methyl sites for hydroxylation is 1. The third-order valence-electron chi connectivity index (χ3n) is 7.59. The number of benzene rings is 2. The molecule has 0 spiro atoms. The van der Waals surface area contributed by atoms with E-state index in [0.29, 0.717) is 41.5 Å². The Morgan fingerprint density at radius 2 is 1.95 bits per heavy atom. The summed E-state index contributed by atoms with van der Waals surface area (Å²) >= 11 is 0. The van der Waals surface area contributed by atoms with E-state index in [1.165, 1.54) is 18.5 Å². The van der Waals surface area contributed by atoms with Crippen molar-refractivity contribution in [3.05, 3.63) is 42.0 Å². The van der Waals surface area contributed by atoms with Gasteiger partial charge in [0, 0.05) is 42.1 Å². The van der Waals surface area contributed by atoms with E-state index in [1.54, 1.807) is 13.2 Å². The number of ether oxygens (including phenoxy) is 5. The predicted molar refractivity (Wildman–Crippen MR) is 148 cm³/mol. The Kier molecular flexibility index (Phi) is 7.66. The zero-order valence-corrected chi connectivity index (χ0v) is 23.1. The Bertz CT molecular complexity index is 1400. The molecule has 0 radical (unpaired) electrons. The van der Waals surface area contributed by atoms with Crippen LogP contribution in [0.3, 0.4) is 0 Å². The molecule has 208 valence electrons. The Balaban J connectivity index is 1.34. The Morgan fingerprint density at radius 3 is 2.77 bits per heavy atom. The van der Waals surface area contributed by atoms with Gasteiger partial charge >= 0.3 is 0 Å². The standard InChI is InChI=1S/C28H33FN4O5S/c1-16-25-20(13-21(26(16)34-2)33-39(3)18-6-9-35-10-7-18)30-15-31-28(25)32-19-5-4-17(29)12-23(19)38-24-14-37-22-8-11-36-27(22)24/h4-5,12-13,15,18,22,24,27H,6-11,14H2,1-3H3,(H,30,31,32)/t22-,24?,27+,39?/m1/s1. The van der Waals surface area contributed by atoms with Crippen molar-refractivity contribution in [1.29, 1.82) is 0 Å². The molecule has 3 aliphatic rings. The maximum atomic E-state index is 14.3. The molecule has 1 aromatic heterocycles. The Labute approximate surface area is 229 Å². The Morgan fingerprint density at radius 1 is 1.10 bits per heavy atom. The van der Waals surface area contributed by atoms with Gasteiger partial charge in [-0.2, -0.15) is 0 Å². The average molecular weight is 557 g/mol. The van der Waals surface area contributed by atoms with Gasteiger partial charge in [-0.25, -0.2) is 18.7 Å². The summed E-state index contributed by atoms with van der Waals surface area (Å²) in [4.78, 5) is 9.08. The lowest BCUT2D eigenvalue weighted by Crippen LogP contribution is -2.32. The van der Waals surface area contributed by atoms with Crippen molar-refractivity contribution < 1.29 is 28.1 Å². The van der Waals surface area contributed by atoms with Crippen LogP contribution in [0.25, 0.3) is 10.9 Å². The first kappa shape index (κ1) is 26.4. The Hall–Kier alpha value is -2.86. The molecule has 4 atom stereocenters. The molecule has 6 rings (SSSR count). The van der Waals surface area contributed by atoms with Crippen LogP contribution in [0.5, 0.6) is 11.5 Å². The van der Waals surface area contributed by atoms with E-state index >= 15 is 0 Å². The molecule has 11 heteroatoms. The summed E-state index contributed by atoms with van der Waals surface area (Å²) in [7, 11) is 1.47. The molecule has 0 saturated carbocycles. The van der Waals surface area contributed by atoms with Crippen molar-refractivity contribution in [1.82, 2.24) is 9.97 Å². The van der Waals surface area contributed by atoms with Crippen LogP contribution in [-0.2, 0) is 24.9 Å². The second-order valence-electron chi connectivity index (χ2n) is 10.0. The summed E-state index contributed by atoms with van der Waals surface area (Å²) < 4.78 is 48.6. The lowest BCUT2D eigenvalue weighted by atomic mass is 10.1. The molecule has 0 aliphatic carbocycles. The molecule has 2 aromatic carbocycles. The van der Waals surface area contributed by atoms with Gasteiger partial charge in [-0.1, -0.05) is 10.7 Å². The largest absolute Gasteiger partial charge is 0.494 e. The van der Waals surface area contributed by atoms with Crippen molar-refractivity contribution in [2.24, 2.45) is 4.36 Å². The molecule has 2 unspecified atom stereocenters. The number of halogens is 1. The van der Waals surface area contributed by atoms with Crippen LogP contribution in [0.1, 0.15) is 24.8 Å². The number of hydrogen-bond donors (Lipinski definition) is 1. The maximum Gasteiger partial charge on any atom is 0.151 e. The highest BCUT2D eigenvalue weighted by atomic mass is 32.2. The van der Waals surface area contributed by atoms with Gasteiger partial charge in [0.15, 0.2) is 6.10 Å². The van der Waals surface area contributed by atoms with Crippen LogP contribution < -0.4 is 14.8 Å². The molecule has 3 aliphatic heterocycles. The number of nitrogens with one attached hydrogen (secondary N) is 1. The number of nitrogens with zero attached hydrogens (tertiary/aromatic N) is 3. The third kappa shape index (κ3) is 5.32. The predicted octanol–water partition coefficient (Wildman–Crippen LogP) is 5.01. The van der Waals surface area contributed by atoms with E-state index in [1.807, 2.05) is 13.0 Å². The maximum absolute atomic E-state index is 14.3. The molecular weight excluding hydrogens is 523 g/mol. The lowest BCUT2D eigenvalue weighted by molar-refractivity contribution is 0.0310. The molecule has 3 fully saturated rings. The van der Waals surface area contributed by atoms with Crippen LogP contribution >= 0.6 is 0 Å². The number of anilines is 2. The van der Waals surface area contributed by atoms with Gasteiger partial charge in [0.25, 0.3) is 0 Å². The number of hydrogen-bond acceptors (Lipinski definition) is 9. The van der Waals surface area contributed by atoms with Gasteiger partial charge in [-0.3, -0.25) is 0 Å². The monoisotopic (exact) mass is 556 g/mol. The van der Waals surface area contributed by atoms with Crippen molar-refractivity contribution >= 4 is 38.8 Å². The van der Waals surface area contributed by atoms with E-state index in [4.69, 9.17) is 28.0 Å². The average Bonchev–Trinajstić information content (AvgIpc) is 3.56. The highest BCUT2D eigenvalue weighted by Crippen LogP contribution is 2.41. The van der Waals surface area contributed by atoms with Crippen molar-refractivity contribution in [2.45, 2.75) is 49.7 Å². The second kappa shape index (κ2) is 11.3. The number of aromatic nitrogens is 2. The van der Waals surface area contributed by atoms with Crippen molar-refractivity contribution in [3.8, 4) is 11.5 Å². The van der Waals surface area contributed by atoms with Gasteiger partial charge in [-0.05, 0) is 50.6 Å². The molecule has 0 amide bonds. The SMILES string of the molecule is COc1c(N=S(C)C2CCOCC2)cc2ncnc(Nc3ccc(F)cc3OC3CO[C@@H]4CCO[C@H]34)c2c1C. The van der Waals surface area contributed by atoms with Crippen LogP contribution in [0.2, 0.25) is 0 Å². The topological polar surface area (TPSA) is 96.3 Å². The van der Waals surface area contributed by atoms with Crippen LogP contribution in [0.15, 0.2) is 35.0 Å².